The molecule has 0 fully saturated rings. The maximum Gasteiger partial charge on any atom is 0.221 e. The quantitative estimate of drug-likeness (QED) is 0.811. The van der Waals surface area contributed by atoms with Crippen LogP contribution in [0.5, 0.6) is 0 Å². The number of hydrogen-bond acceptors (Lipinski definition) is 3. The lowest BCUT2D eigenvalue weighted by Gasteiger charge is -2.09. The molecule has 15 heavy (non-hydrogen) atoms. The van der Waals surface area contributed by atoms with Crippen LogP contribution >= 0.6 is 12.4 Å². The predicted molar refractivity (Wildman–Crippen MR) is 57.1 cm³/mol. The number of halogens is 2. The van der Waals surface area contributed by atoms with Gasteiger partial charge in [0.25, 0.3) is 0 Å². The van der Waals surface area contributed by atoms with Gasteiger partial charge in [-0.25, -0.2) is 4.39 Å². The van der Waals surface area contributed by atoms with Crippen molar-refractivity contribution >= 4 is 18.3 Å². The lowest BCUT2D eigenvalue weighted by molar-refractivity contribution is -0.120. The Bertz CT molecular complexity index is 318. The van der Waals surface area contributed by atoms with Crippen LogP contribution in [0.25, 0.3) is 0 Å². The SMILES string of the molecule is CNC(=O)CC(N)c1ccc(F)cn1.Cl. The number of rotatable bonds is 3. The monoisotopic (exact) mass is 233 g/mol. The molecule has 0 aliphatic heterocycles. The summed E-state index contributed by atoms with van der Waals surface area (Å²) in [5.41, 5.74) is 6.19. The number of hydrogen-bond donors (Lipinski definition) is 2. The van der Waals surface area contributed by atoms with Crippen LogP contribution in [0.1, 0.15) is 18.2 Å². The Labute approximate surface area is 93.5 Å². The second-order valence-corrected chi connectivity index (χ2v) is 2.89. The first kappa shape index (κ1) is 13.8. The van der Waals surface area contributed by atoms with Gasteiger partial charge in [-0.2, -0.15) is 0 Å². The van der Waals surface area contributed by atoms with Crippen LogP contribution in [0.4, 0.5) is 4.39 Å². The summed E-state index contributed by atoms with van der Waals surface area (Å²) in [4.78, 5) is 14.8. The lowest BCUT2D eigenvalue weighted by Crippen LogP contribution is -2.24. The normalized spacial score (nSPS) is 11.4. The summed E-state index contributed by atoms with van der Waals surface area (Å²) in [5.74, 6) is -0.579. The Morgan fingerprint density at radius 2 is 2.33 bits per heavy atom. The summed E-state index contributed by atoms with van der Waals surface area (Å²) in [6.45, 7) is 0. The van der Waals surface area contributed by atoms with E-state index < -0.39 is 11.9 Å². The van der Waals surface area contributed by atoms with E-state index in [1.165, 1.54) is 19.2 Å². The summed E-state index contributed by atoms with van der Waals surface area (Å²) in [6.07, 6.45) is 1.23. The first-order valence-electron chi connectivity index (χ1n) is 4.21. The van der Waals surface area contributed by atoms with Crippen LogP contribution in [0.3, 0.4) is 0 Å². The van der Waals surface area contributed by atoms with E-state index in [1.54, 1.807) is 0 Å². The van der Waals surface area contributed by atoms with Crippen molar-refractivity contribution in [3.05, 3.63) is 29.8 Å². The summed E-state index contributed by atoms with van der Waals surface area (Å²) in [5, 5.41) is 2.46. The third-order valence-corrected chi connectivity index (χ3v) is 1.81. The average molecular weight is 234 g/mol. The highest BCUT2D eigenvalue weighted by atomic mass is 35.5. The van der Waals surface area contributed by atoms with Gasteiger partial charge in [-0.1, -0.05) is 0 Å². The summed E-state index contributed by atoms with van der Waals surface area (Å²) >= 11 is 0. The molecular weight excluding hydrogens is 221 g/mol. The number of nitrogens with two attached hydrogens (primary N) is 1. The van der Waals surface area contributed by atoms with E-state index in [-0.39, 0.29) is 24.7 Å². The molecule has 1 aromatic rings. The average Bonchev–Trinajstić information content (AvgIpc) is 2.18. The molecule has 0 aliphatic carbocycles. The molecule has 0 aliphatic rings. The van der Waals surface area contributed by atoms with Gasteiger partial charge in [-0.3, -0.25) is 9.78 Å². The van der Waals surface area contributed by atoms with Crippen molar-refractivity contribution < 1.29 is 9.18 Å². The molecule has 0 spiro atoms. The van der Waals surface area contributed by atoms with Gasteiger partial charge in [0.1, 0.15) is 5.82 Å². The third-order valence-electron chi connectivity index (χ3n) is 1.81. The van der Waals surface area contributed by atoms with Crippen molar-refractivity contribution in [2.45, 2.75) is 12.5 Å². The van der Waals surface area contributed by atoms with Crippen molar-refractivity contribution in [2.75, 3.05) is 7.05 Å². The molecule has 84 valence electrons. The topological polar surface area (TPSA) is 68.0 Å². The first-order chi connectivity index (χ1) is 6.63. The van der Waals surface area contributed by atoms with Gasteiger partial charge in [-0.05, 0) is 12.1 Å². The minimum Gasteiger partial charge on any atom is -0.359 e. The Morgan fingerprint density at radius 1 is 1.67 bits per heavy atom. The van der Waals surface area contributed by atoms with Crippen LogP contribution < -0.4 is 11.1 Å². The summed E-state index contributed by atoms with van der Waals surface area (Å²) in [6, 6.07) is 2.25. The largest absolute Gasteiger partial charge is 0.359 e. The molecule has 4 nitrogen and oxygen atoms in total. The number of amides is 1. The van der Waals surface area contributed by atoms with Crippen LogP contribution in [0.2, 0.25) is 0 Å². The van der Waals surface area contributed by atoms with Crippen molar-refractivity contribution in [1.82, 2.24) is 10.3 Å². The number of aromatic nitrogens is 1. The molecule has 0 saturated carbocycles. The number of pyridine rings is 1. The molecule has 1 unspecified atom stereocenters. The molecule has 3 N–H and O–H groups in total. The minimum absolute atomic E-state index is 0. The van der Waals surface area contributed by atoms with Gasteiger partial charge in [-0.15, -0.1) is 12.4 Å². The van der Waals surface area contributed by atoms with Gasteiger partial charge in [0.15, 0.2) is 0 Å². The highest BCUT2D eigenvalue weighted by molar-refractivity contribution is 5.85. The van der Waals surface area contributed by atoms with E-state index in [0.29, 0.717) is 5.69 Å². The lowest BCUT2D eigenvalue weighted by atomic mass is 10.1. The predicted octanol–water partition coefficient (Wildman–Crippen LogP) is 0.778. The van der Waals surface area contributed by atoms with E-state index in [4.69, 9.17) is 5.73 Å². The van der Waals surface area contributed by atoms with E-state index in [1.807, 2.05) is 0 Å². The zero-order chi connectivity index (χ0) is 10.6. The number of nitrogens with zero attached hydrogens (tertiary/aromatic N) is 1. The molecule has 1 amide bonds. The molecule has 1 aromatic heterocycles. The Morgan fingerprint density at radius 3 is 2.80 bits per heavy atom. The van der Waals surface area contributed by atoms with Crippen LogP contribution in [-0.4, -0.2) is 17.9 Å². The van der Waals surface area contributed by atoms with Gasteiger partial charge in [0, 0.05) is 13.5 Å². The summed E-state index contributed by atoms with van der Waals surface area (Å²) < 4.78 is 12.5. The second kappa shape index (κ2) is 6.31. The van der Waals surface area contributed by atoms with Crippen LogP contribution in [-0.2, 0) is 4.79 Å². The maximum atomic E-state index is 12.5. The van der Waals surface area contributed by atoms with E-state index in [9.17, 15) is 9.18 Å². The van der Waals surface area contributed by atoms with Crippen molar-refractivity contribution in [3.63, 3.8) is 0 Å². The number of carbonyl (C=O) groups is 1. The van der Waals surface area contributed by atoms with Crippen LogP contribution in [0.15, 0.2) is 18.3 Å². The second-order valence-electron chi connectivity index (χ2n) is 2.89. The molecule has 0 bridgehead atoms. The minimum atomic E-state index is -0.490. The van der Waals surface area contributed by atoms with Crippen molar-refractivity contribution in [1.29, 1.82) is 0 Å². The molecule has 6 heteroatoms. The highest BCUT2D eigenvalue weighted by Gasteiger charge is 2.11. The van der Waals surface area contributed by atoms with Crippen molar-refractivity contribution in [3.8, 4) is 0 Å². The Hall–Kier alpha value is -1.20. The third kappa shape index (κ3) is 4.22. The molecule has 1 atom stereocenters. The van der Waals surface area contributed by atoms with E-state index in [2.05, 4.69) is 10.3 Å². The maximum absolute atomic E-state index is 12.5. The standard InChI is InChI=1S/C9H12FN3O.ClH/c1-12-9(14)4-7(11)8-3-2-6(10)5-13-8;/h2-3,5,7H,4,11H2,1H3,(H,12,14);1H. The Balaban J connectivity index is 0.00000196. The van der Waals surface area contributed by atoms with E-state index in [0.717, 1.165) is 6.20 Å². The molecule has 1 heterocycles. The molecule has 0 saturated heterocycles. The fourth-order valence-corrected chi connectivity index (χ4v) is 1.01. The fraction of sp³-hybridized carbons (Fsp3) is 0.333. The van der Waals surface area contributed by atoms with E-state index >= 15 is 0 Å². The highest BCUT2D eigenvalue weighted by Crippen LogP contribution is 2.10. The zero-order valence-corrected chi connectivity index (χ0v) is 9.05. The van der Waals surface area contributed by atoms with Gasteiger partial charge < -0.3 is 11.1 Å². The fourth-order valence-electron chi connectivity index (χ4n) is 1.01. The zero-order valence-electron chi connectivity index (χ0n) is 8.24. The van der Waals surface area contributed by atoms with Crippen LogP contribution in [0, 0.1) is 5.82 Å². The first-order valence-corrected chi connectivity index (χ1v) is 4.21. The molecular formula is C9H13ClFN3O. The summed E-state index contributed by atoms with van der Waals surface area (Å²) in [7, 11) is 1.53. The van der Waals surface area contributed by atoms with Crippen molar-refractivity contribution in [2.24, 2.45) is 5.73 Å². The van der Waals surface area contributed by atoms with Gasteiger partial charge in [0.05, 0.1) is 17.9 Å². The Kier molecular flexibility index (Phi) is 5.81. The number of nitrogens with one attached hydrogen (secondary N) is 1. The molecule has 0 aromatic carbocycles. The molecule has 1 rings (SSSR count). The smallest absolute Gasteiger partial charge is 0.221 e. The number of carbonyl (C=O) groups excluding carboxylic acids is 1. The van der Waals surface area contributed by atoms with Gasteiger partial charge in [0.2, 0.25) is 5.91 Å². The van der Waals surface area contributed by atoms with Gasteiger partial charge >= 0.3 is 0 Å². The molecule has 0 radical (unpaired) electrons.